The predicted octanol–water partition coefficient (Wildman–Crippen LogP) is 4.31. The summed E-state index contributed by atoms with van der Waals surface area (Å²) in [5.74, 6) is 0.287. The first-order valence-corrected chi connectivity index (χ1v) is 7.25. The maximum atomic E-state index is 12.9. The number of carbonyl (C=O) groups excluding carboxylic acids is 1. The second-order valence-corrected chi connectivity index (χ2v) is 5.61. The third kappa shape index (κ3) is 2.17. The van der Waals surface area contributed by atoms with Gasteiger partial charge in [0, 0.05) is 17.2 Å². The number of carbonyl (C=O) groups is 1. The summed E-state index contributed by atoms with van der Waals surface area (Å²) >= 11 is 0. The highest BCUT2D eigenvalue weighted by molar-refractivity contribution is 6.09. The Hall–Kier alpha value is -2.35. The molecule has 0 unspecified atom stereocenters. The topological polar surface area (TPSA) is 20.3 Å². The first-order chi connectivity index (χ1) is 10.1. The van der Waals surface area contributed by atoms with Crippen molar-refractivity contribution in [3.63, 3.8) is 0 Å². The number of fused-ring (bicyclic) bond motifs is 1. The molecule has 3 rings (SSSR count). The number of hydrogen-bond acceptors (Lipinski definition) is 1. The molecule has 1 aliphatic heterocycles. The third-order valence-corrected chi connectivity index (χ3v) is 4.26. The fourth-order valence-electron chi connectivity index (χ4n) is 3.07. The van der Waals surface area contributed by atoms with Gasteiger partial charge >= 0.3 is 0 Å². The van der Waals surface area contributed by atoms with Crippen LogP contribution in [0.4, 0.5) is 5.69 Å². The zero-order valence-corrected chi connectivity index (χ0v) is 12.4. The van der Waals surface area contributed by atoms with Gasteiger partial charge in [0.1, 0.15) is 0 Å². The summed E-state index contributed by atoms with van der Waals surface area (Å²) in [7, 11) is 0. The normalized spacial score (nSPS) is 21.0. The van der Waals surface area contributed by atoms with Gasteiger partial charge in [0.2, 0.25) is 0 Å². The molecule has 2 nitrogen and oxygen atoms in total. The average Bonchev–Trinajstić information content (AvgIpc) is 2.52. The SMILES string of the molecule is C=C[C@@H]1[C@@H](C)c2ccccc2C(=O)N1c1ccc(C)cc1. The minimum Gasteiger partial charge on any atom is -0.301 e. The molecule has 2 aromatic carbocycles. The van der Waals surface area contributed by atoms with Crippen LogP contribution in [0.1, 0.15) is 34.3 Å². The summed E-state index contributed by atoms with van der Waals surface area (Å²) in [6.07, 6.45) is 1.87. The van der Waals surface area contributed by atoms with E-state index < -0.39 is 0 Å². The van der Waals surface area contributed by atoms with E-state index in [1.807, 2.05) is 66.4 Å². The van der Waals surface area contributed by atoms with E-state index in [0.29, 0.717) is 0 Å². The van der Waals surface area contributed by atoms with Crippen LogP contribution in [0.25, 0.3) is 0 Å². The Balaban J connectivity index is 2.14. The molecule has 0 spiro atoms. The first kappa shape index (κ1) is 13.6. The largest absolute Gasteiger partial charge is 0.301 e. The van der Waals surface area contributed by atoms with Gasteiger partial charge in [-0.2, -0.15) is 0 Å². The number of nitrogens with zero attached hydrogens (tertiary/aromatic N) is 1. The molecule has 0 N–H and O–H groups in total. The molecule has 1 aliphatic rings. The van der Waals surface area contributed by atoms with Crippen molar-refractivity contribution in [1.29, 1.82) is 0 Å². The van der Waals surface area contributed by atoms with E-state index in [4.69, 9.17) is 0 Å². The first-order valence-electron chi connectivity index (χ1n) is 7.25. The maximum absolute atomic E-state index is 12.9. The summed E-state index contributed by atoms with van der Waals surface area (Å²) in [5, 5.41) is 0. The van der Waals surface area contributed by atoms with Gasteiger partial charge in [-0.25, -0.2) is 0 Å². The summed E-state index contributed by atoms with van der Waals surface area (Å²) in [6.45, 7) is 8.14. The Morgan fingerprint density at radius 2 is 1.76 bits per heavy atom. The van der Waals surface area contributed by atoms with Crippen molar-refractivity contribution >= 4 is 11.6 Å². The fraction of sp³-hybridized carbons (Fsp3) is 0.211. The molecular formula is C19H19NO. The van der Waals surface area contributed by atoms with E-state index in [1.165, 1.54) is 5.56 Å². The zero-order valence-electron chi connectivity index (χ0n) is 12.4. The quantitative estimate of drug-likeness (QED) is 0.749. The molecule has 2 heteroatoms. The number of aryl methyl sites for hydroxylation is 1. The average molecular weight is 277 g/mol. The van der Waals surface area contributed by atoms with Crippen LogP contribution >= 0.6 is 0 Å². The Morgan fingerprint density at radius 3 is 2.43 bits per heavy atom. The van der Waals surface area contributed by atoms with Crippen LogP contribution in [0.5, 0.6) is 0 Å². The molecule has 106 valence electrons. The van der Waals surface area contributed by atoms with Crippen molar-refractivity contribution in [1.82, 2.24) is 0 Å². The van der Waals surface area contributed by atoms with E-state index >= 15 is 0 Å². The molecule has 0 aliphatic carbocycles. The van der Waals surface area contributed by atoms with Crippen molar-refractivity contribution in [2.24, 2.45) is 0 Å². The Bertz CT molecular complexity index is 687. The van der Waals surface area contributed by atoms with Crippen molar-refractivity contribution < 1.29 is 4.79 Å². The number of benzene rings is 2. The monoisotopic (exact) mass is 277 g/mol. The van der Waals surface area contributed by atoms with E-state index in [9.17, 15) is 4.79 Å². The summed E-state index contributed by atoms with van der Waals surface area (Å²) < 4.78 is 0. The minimum atomic E-state index is -0.0184. The second-order valence-electron chi connectivity index (χ2n) is 5.61. The molecule has 0 saturated heterocycles. The Labute approximate surface area is 125 Å². The standard InChI is InChI=1S/C19H19NO/c1-4-18-14(3)16-7-5-6-8-17(16)19(21)20(18)15-11-9-13(2)10-12-15/h4-12,14,18H,1H2,2-3H3/t14-,18+/m0/s1. The van der Waals surface area contributed by atoms with Gasteiger partial charge in [-0.3, -0.25) is 4.79 Å². The van der Waals surface area contributed by atoms with Crippen LogP contribution in [0.15, 0.2) is 61.2 Å². The summed E-state index contributed by atoms with van der Waals surface area (Å²) in [4.78, 5) is 14.8. The molecule has 0 radical (unpaired) electrons. The molecule has 0 aromatic heterocycles. The van der Waals surface area contributed by atoms with Crippen LogP contribution in [0.3, 0.4) is 0 Å². The molecule has 0 saturated carbocycles. The van der Waals surface area contributed by atoms with Crippen LogP contribution in [0, 0.1) is 6.92 Å². The van der Waals surface area contributed by atoms with E-state index in [0.717, 1.165) is 16.8 Å². The second kappa shape index (κ2) is 5.21. The lowest BCUT2D eigenvalue weighted by molar-refractivity contribution is 0.0968. The van der Waals surface area contributed by atoms with Gasteiger partial charge in [0.15, 0.2) is 0 Å². The van der Waals surface area contributed by atoms with Crippen LogP contribution in [0.2, 0.25) is 0 Å². The Morgan fingerprint density at radius 1 is 1.10 bits per heavy atom. The maximum Gasteiger partial charge on any atom is 0.259 e. The molecule has 0 bridgehead atoms. The molecule has 1 amide bonds. The van der Waals surface area contributed by atoms with E-state index in [2.05, 4.69) is 13.5 Å². The van der Waals surface area contributed by atoms with Crippen LogP contribution in [-0.2, 0) is 0 Å². The van der Waals surface area contributed by atoms with Crippen molar-refractivity contribution in [2.75, 3.05) is 4.90 Å². The van der Waals surface area contributed by atoms with E-state index in [-0.39, 0.29) is 17.9 Å². The number of rotatable bonds is 2. The van der Waals surface area contributed by atoms with Gasteiger partial charge in [-0.05, 0) is 30.7 Å². The van der Waals surface area contributed by atoms with Gasteiger partial charge in [-0.1, -0.05) is 48.9 Å². The lowest BCUT2D eigenvalue weighted by Crippen LogP contribution is -2.46. The fourth-order valence-corrected chi connectivity index (χ4v) is 3.07. The van der Waals surface area contributed by atoms with Gasteiger partial charge in [0.05, 0.1) is 6.04 Å². The highest BCUT2D eigenvalue weighted by atomic mass is 16.2. The lowest BCUT2D eigenvalue weighted by Gasteiger charge is -2.39. The van der Waals surface area contributed by atoms with Gasteiger partial charge < -0.3 is 4.90 Å². The molecule has 2 aromatic rings. The Kier molecular flexibility index (Phi) is 3.38. The van der Waals surface area contributed by atoms with Crippen molar-refractivity contribution in [3.8, 4) is 0 Å². The number of hydrogen-bond donors (Lipinski definition) is 0. The summed E-state index contributed by atoms with van der Waals surface area (Å²) in [6, 6.07) is 15.9. The van der Waals surface area contributed by atoms with Crippen LogP contribution in [-0.4, -0.2) is 11.9 Å². The van der Waals surface area contributed by atoms with Gasteiger partial charge in [-0.15, -0.1) is 6.58 Å². The highest BCUT2D eigenvalue weighted by Crippen LogP contribution is 2.36. The van der Waals surface area contributed by atoms with Gasteiger partial charge in [0.25, 0.3) is 5.91 Å². The number of anilines is 1. The van der Waals surface area contributed by atoms with Crippen molar-refractivity contribution in [3.05, 3.63) is 77.9 Å². The minimum absolute atomic E-state index is 0.0184. The predicted molar refractivity (Wildman–Crippen MR) is 86.8 cm³/mol. The summed E-state index contributed by atoms with van der Waals surface area (Å²) in [5.41, 5.74) is 4.02. The van der Waals surface area contributed by atoms with Crippen LogP contribution < -0.4 is 4.90 Å². The zero-order chi connectivity index (χ0) is 15.0. The molecular weight excluding hydrogens is 258 g/mol. The smallest absolute Gasteiger partial charge is 0.259 e. The lowest BCUT2D eigenvalue weighted by atomic mass is 9.84. The third-order valence-electron chi connectivity index (χ3n) is 4.26. The van der Waals surface area contributed by atoms with E-state index in [1.54, 1.807) is 0 Å². The molecule has 21 heavy (non-hydrogen) atoms. The molecule has 1 heterocycles. The molecule has 2 atom stereocenters. The number of amides is 1. The molecule has 0 fully saturated rings. The van der Waals surface area contributed by atoms with Crippen molar-refractivity contribution in [2.45, 2.75) is 25.8 Å². The highest BCUT2D eigenvalue weighted by Gasteiger charge is 2.36.